The first-order valence-corrected chi connectivity index (χ1v) is 5.94. The molecule has 0 bridgehead atoms. The van der Waals surface area contributed by atoms with Gasteiger partial charge in [0.15, 0.2) is 4.34 Å². The number of carbonyl (C=O) groups is 1. The summed E-state index contributed by atoms with van der Waals surface area (Å²) in [6, 6.07) is 0. The molecule has 0 N–H and O–H groups in total. The number of thioether (sulfide) groups is 1. The Hall–Kier alpha value is -0.620. The molecule has 1 aromatic rings. The van der Waals surface area contributed by atoms with Crippen molar-refractivity contribution in [1.82, 2.24) is 10.2 Å². The average Bonchev–Trinajstić information content (AvgIpc) is 2.50. The lowest BCUT2D eigenvalue weighted by Crippen LogP contribution is -2.22. The number of hydrogen-bond acceptors (Lipinski definition) is 5. The summed E-state index contributed by atoms with van der Waals surface area (Å²) < 4.78 is 0.906. The summed E-state index contributed by atoms with van der Waals surface area (Å²) in [6.07, 6.45) is 0. The van der Waals surface area contributed by atoms with Gasteiger partial charge in [-0.15, -0.1) is 10.2 Å². The fourth-order valence-corrected chi connectivity index (χ4v) is 2.79. The lowest BCUT2D eigenvalue weighted by molar-refractivity contribution is -0.116. The van der Waals surface area contributed by atoms with Crippen molar-refractivity contribution in [2.45, 2.75) is 30.4 Å². The van der Waals surface area contributed by atoms with Gasteiger partial charge in [0.1, 0.15) is 0 Å². The van der Waals surface area contributed by atoms with Gasteiger partial charge in [0.05, 0.1) is 0 Å². The van der Waals surface area contributed by atoms with Crippen molar-refractivity contribution in [3.63, 3.8) is 0 Å². The van der Waals surface area contributed by atoms with Crippen LogP contribution in [0.15, 0.2) is 4.34 Å². The van der Waals surface area contributed by atoms with Gasteiger partial charge in [0.2, 0.25) is 11.0 Å². The van der Waals surface area contributed by atoms with E-state index in [0.717, 1.165) is 4.34 Å². The summed E-state index contributed by atoms with van der Waals surface area (Å²) in [5.41, 5.74) is 0. The molecule has 0 aromatic carbocycles. The zero-order chi connectivity index (χ0) is 10.7. The van der Waals surface area contributed by atoms with Gasteiger partial charge in [-0.05, 0) is 0 Å². The van der Waals surface area contributed by atoms with Gasteiger partial charge in [-0.3, -0.25) is 9.69 Å². The highest BCUT2D eigenvalue weighted by atomic mass is 32.2. The largest absolute Gasteiger partial charge is 0.290 e. The molecule has 0 saturated carbocycles. The number of anilines is 1. The lowest BCUT2D eigenvalue weighted by Gasteiger charge is -2.08. The summed E-state index contributed by atoms with van der Waals surface area (Å²) in [7, 11) is 1.70. The summed E-state index contributed by atoms with van der Waals surface area (Å²) in [4.78, 5) is 12.5. The highest BCUT2D eigenvalue weighted by Crippen LogP contribution is 2.29. The van der Waals surface area contributed by atoms with E-state index in [0.29, 0.717) is 10.4 Å². The van der Waals surface area contributed by atoms with E-state index in [1.165, 1.54) is 23.2 Å². The molecule has 6 heteroatoms. The van der Waals surface area contributed by atoms with Crippen LogP contribution in [0, 0.1) is 0 Å². The van der Waals surface area contributed by atoms with E-state index in [-0.39, 0.29) is 5.91 Å². The molecule has 0 aliphatic rings. The third-order valence-electron chi connectivity index (χ3n) is 1.49. The second kappa shape index (κ2) is 4.75. The van der Waals surface area contributed by atoms with Gasteiger partial charge in [0.25, 0.3) is 0 Å². The minimum atomic E-state index is -0.0257. The molecule has 0 unspecified atom stereocenters. The van der Waals surface area contributed by atoms with Gasteiger partial charge < -0.3 is 0 Å². The molecule has 0 saturated heterocycles. The molecule has 1 heterocycles. The number of hydrogen-bond donors (Lipinski definition) is 0. The maximum absolute atomic E-state index is 11.0. The van der Waals surface area contributed by atoms with Gasteiger partial charge in [0, 0.05) is 19.2 Å². The maximum Gasteiger partial charge on any atom is 0.225 e. The van der Waals surface area contributed by atoms with Crippen molar-refractivity contribution in [1.29, 1.82) is 0 Å². The molecule has 0 fully saturated rings. The number of rotatable bonds is 3. The van der Waals surface area contributed by atoms with Crippen LogP contribution in [-0.4, -0.2) is 28.4 Å². The quantitative estimate of drug-likeness (QED) is 0.590. The van der Waals surface area contributed by atoms with Crippen LogP contribution >= 0.6 is 23.1 Å². The van der Waals surface area contributed by atoms with Crippen LogP contribution in [0.2, 0.25) is 0 Å². The van der Waals surface area contributed by atoms with Gasteiger partial charge >= 0.3 is 0 Å². The Bertz CT molecular complexity index is 324. The monoisotopic (exact) mass is 231 g/mol. The van der Waals surface area contributed by atoms with Gasteiger partial charge in [-0.2, -0.15) is 0 Å². The van der Waals surface area contributed by atoms with E-state index >= 15 is 0 Å². The summed E-state index contributed by atoms with van der Waals surface area (Å²) in [6.45, 7) is 5.71. The van der Waals surface area contributed by atoms with Crippen molar-refractivity contribution in [2.24, 2.45) is 0 Å². The Morgan fingerprint density at radius 2 is 2.14 bits per heavy atom. The van der Waals surface area contributed by atoms with Crippen molar-refractivity contribution < 1.29 is 4.79 Å². The predicted octanol–water partition coefficient (Wildman–Crippen LogP) is 2.02. The van der Waals surface area contributed by atoms with E-state index in [1.807, 2.05) is 0 Å². The first-order chi connectivity index (χ1) is 6.50. The number of aromatic nitrogens is 2. The first-order valence-electron chi connectivity index (χ1n) is 4.25. The standard InChI is InChI=1S/C8H13N3OS2/c1-5(2)13-8-10-9-7(14-8)11(4)6(3)12/h5H,1-4H3. The Kier molecular flexibility index (Phi) is 3.88. The molecule has 0 aliphatic heterocycles. The van der Waals surface area contributed by atoms with Crippen LogP contribution < -0.4 is 4.90 Å². The summed E-state index contributed by atoms with van der Waals surface area (Å²) >= 11 is 3.10. The average molecular weight is 231 g/mol. The van der Waals surface area contributed by atoms with Crippen LogP contribution in [0.4, 0.5) is 5.13 Å². The van der Waals surface area contributed by atoms with Crippen LogP contribution in [0.5, 0.6) is 0 Å². The summed E-state index contributed by atoms with van der Waals surface area (Å²) in [5.74, 6) is -0.0257. The Balaban J connectivity index is 2.72. The molecule has 0 spiro atoms. The van der Waals surface area contributed by atoms with Crippen molar-refractivity contribution in [3.05, 3.63) is 0 Å². The molecule has 4 nitrogen and oxygen atoms in total. The maximum atomic E-state index is 11.0. The predicted molar refractivity (Wildman–Crippen MR) is 60.0 cm³/mol. The van der Waals surface area contributed by atoms with Crippen molar-refractivity contribution in [2.75, 3.05) is 11.9 Å². The minimum absolute atomic E-state index is 0.0257. The van der Waals surface area contributed by atoms with Crippen LogP contribution in [-0.2, 0) is 4.79 Å². The van der Waals surface area contributed by atoms with E-state index in [9.17, 15) is 4.79 Å². The molecular weight excluding hydrogens is 218 g/mol. The molecule has 0 radical (unpaired) electrons. The number of amides is 1. The van der Waals surface area contributed by atoms with Crippen LogP contribution in [0.25, 0.3) is 0 Å². The fraction of sp³-hybridized carbons (Fsp3) is 0.625. The Morgan fingerprint density at radius 3 is 2.64 bits per heavy atom. The molecule has 78 valence electrons. The molecule has 0 atom stereocenters. The zero-order valence-electron chi connectivity index (χ0n) is 8.64. The molecule has 1 amide bonds. The second-order valence-electron chi connectivity index (χ2n) is 3.10. The van der Waals surface area contributed by atoms with Crippen molar-refractivity contribution in [3.8, 4) is 0 Å². The Morgan fingerprint density at radius 1 is 1.50 bits per heavy atom. The smallest absolute Gasteiger partial charge is 0.225 e. The van der Waals surface area contributed by atoms with E-state index in [2.05, 4.69) is 24.0 Å². The third kappa shape index (κ3) is 2.95. The van der Waals surface area contributed by atoms with E-state index < -0.39 is 0 Å². The van der Waals surface area contributed by atoms with Gasteiger partial charge in [-0.25, -0.2) is 0 Å². The summed E-state index contributed by atoms with van der Waals surface area (Å²) in [5, 5.41) is 9.08. The number of carbonyl (C=O) groups excluding carboxylic acids is 1. The van der Waals surface area contributed by atoms with Crippen LogP contribution in [0.1, 0.15) is 20.8 Å². The SMILES string of the molecule is CC(=O)N(C)c1nnc(SC(C)C)s1. The lowest BCUT2D eigenvalue weighted by atomic mass is 10.6. The number of nitrogens with zero attached hydrogens (tertiary/aromatic N) is 3. The topological polar surface area (TPSA) is 46.1 Å². The third-order valence-corrected chi connectivity index (χ3v) is 3.58. The molecular formula is C8H13N3OS2. The molecule has 1 aromatic heterocycles. The molecule has 14 heavy (non-hydrogen) atoms. The minimum Gasteiger partial charge on any atom is -0.290 e. The molecule has 1 rings (SSSR count). The Labute approximate surface area is 91.7 Å². The second-order valence-corrected chi connectivity index (χ2v) is 5.87. The zero-order valence-corrected chi connectivity index (χ0v) is 10.3. The first kappa shape index (κ1) is 11.5. The normalized spacial score (nSPS) is 10.6. The highest BCUT2D eigenvalue weighted by molar-refractivity contribution is 8.01. The van der Waals surface area contributed by atoms with E-state index in [4.69, 9.17) is 0 Å². The van der Waals surface area contributed by atoms with E-state index in [1.54, 1.807) is 18.8 Å². The molecule has 0 aliphatic carbocycles. The van der Waals surface area contributed by atoms with Crippen molar-refractivity contribution >= 4 is 34.1 Å². The van der Waals surface area contributed by atoms with Crippen LogP contribution in [0.3, 0.4) is 0 Å². The fourth-order valence-electron chi connectivity index (χ4n) is 0.722. The van der Waals surface area contributed by atoms with Gasteiger partial charge in [-0.1, -0.05) is 36.9 Å². The highest BCUT2D eigenvalue weighted by Gasteiger charge is 2.12.